The fourth-order valence-electron chi connectivity index (χ4n) is 15.4. The van der Waals surface area contributed by atoms with Gasteiger partial charge in [-0.25, -0.2) is 24.9 Å². The molecule has 10 aromatic carbocycles. The summed E-state index contributed by atoms with van der Waals surface area (Å²) < 4.78 is 70.3. The maximum atomic E-state index is 12.8. The summed E-state index contributed by atoms with van der Waals surface area (Å²) in [7, 11) is 8.12. The lowest BCUT2D eigenvalue weighted by Crippen LogP contribution is -2.09. The molecular formula is C107H108F3N11O8. The molecule has 0 saturated heterocycles. The van der Waals surface area contributed by atoms with Crippen molar-refractivity contribution in [3.8, 4) is 34.5 Å². The number of hydrogen-bond donors (Lipinski definition) is 5. The number of nitrogens with zero attached hydrogens (tertiary/aromatic N) is 6. The number of methoxy groups -OCH3 is 5. The van der Waals surface area contributed by atoms with Gasteiger partial charge < -0.3 is 57.1 Å². The number of alkyl halides is 3. The van der Waals surface area contributed by atoms with Crippen molar-refractivity contribution in [2.75, 3.05) is 70.8 Å². The van der Waals surface area contributed by atoms with Crippen molar-refractivity contribution in [3.63, 3.8) is 0 Å². The molecule has 0 aliphatic heterocycles. The van der Waals surface area contributed by atoms with Crippen LogP contribution in [0.1, 0.15) is 145 Å². The van der Waals surface area contributed by atoms with Crippen LogP contribution >= 0.6 is 0 Å². The Labute approximate surface area is 752 Å². The second-order valence-corrected chi connectivity index (χ2v) is 31.2. The fraction of sp³-hybridized carbons (Fsp3) is 0.206. The zero-order valence-corrected chi connectivity index (χ0v) is 73.1. The molecule has 19 nitrogen and oxygen atoms in total. The predicted octanol–water partition coefficient (Wildman–Crippen LogP) is 22.5. The van der Waals surface area contributed by atoms with E-state index in [1.54, 1.807) is 59.8 Å². The SMILES string of the molecule is CCOc1ccc(CC(c2ccccc2)c2cccc(N)n2)cc1.COc1ccc(C(Cc2cc([N+](=O)[O-])ccc2OC)c2cccc(N)n2)cc1.COc1ccc(C(Cc2ccc(C(F)(F)F)cc2)c2cccc(N)n2)cc1.COc1ccc(C(Cc2cccc(CC3CC3)c2)c2cccc(N)n2)cc1.COc1ccc(C(Cc2ccccc2)c2cccc(N)n2)cc1. The molecule has 5 unspecified atom stereocenters. The van der Waals surface area contributed by atoms with E-state index < -0.39 is 16.7 Å². The van der Waals surface area contributed by atoms with Crippen molar-refractivity contribution >= 4 is 34.8 Å². The highest BCUT2D eigenvalue weighted by Crippen LogP contribution is 2.39. The van der Waals surface area contributed by atoms with Gasteiger partial charge in [0.05, 0.1) is 81.1 Å². The Morgan fingerprint density at radius 2 is 0.651 bits per heavy atom. The molecule has 0 radical (unpaired) electrons. The Kier molecular flexibility index (Phi) is 33.4. The summed E-state index contributed by atoms with van der Waals surface area (Å²) in [5, 5.41) is 11.2. The van der Waals surface area contributed by atoms with E-state index >= 15 is 0 Å². The number of aromatic nitrogens is 5. The Balaban J connectivity index is 0.000000146. The van der Waals surface area contributed by atoms with Gasteiger partial charge in [0.25, 0.3) is 5.69 Å². The largest absolute Gasteiger partial charge is 0.497 e. The third-order valence-corrected chi connectivity index (χ3v) is 22.2. The van der Waals surface area contributed by atoms with Gasteiger partial charge in [-0.1, -0.05) is 188 Å². The number of nitrogen functional groups attached to an aromatic ring is 5. The van der Waals surface area contributed by atoms with Crippen LogP contribution in [-0.4, -0.2) is 72.0 Å². The number of anilines is 5. The highest BCUT2D eigenvalue weighted by Gasteiger charge is 2.31. The summed E-state index contributed by atoms with van der Waals surface area (Å²) in [6.07, 6.45) is 3.24. The summed E-state index contributed by atoms with van der Waals surface area (Å²) >= 11 is 0. The minimum absolute atomic E-state index is 0.0183. The minimum atomic E-state index is -4.34. The standard InChI is InChI=1S/C24H26N2O.C21H19F3N2O.C21H21N3O4.C21H22N2O.C20H20N2O/c1-27-21-12-10-20(11-13-21)22(23-6-3-7-24(25)26-23)16-19-5-2-4-18(15-19)14-17-8-9-17;1-27-17-11-7-15(8-12-17)18(19-3-2-4-20(25)26-19)13-14-5-9-16(10-6-14)21(22,23)24;1-27-17-9-6-14(7-10-17)18(19-4-3-5-21(22)23-19)13-15-12-16(24(25)26)8-11-20(15)28-2;1-2-24-18-13-11-16(12-14-18)15-19(17-7-4-3-5-8-17)20-9-6-10-21(22)23-20;1-23-17-12-10-16(11-13-17)18(14-15-6-3-2-4-7-15)19-8-5-9-20(21)22-19/h2-7,10-13,15,17,22H,8-9,14,16H2,1H3,(H2,25,26);2-12,18H,13H2,1H3,(H2,25,26);3-12,18H,13H2,1-2H3,(H2,22,23);3-14,19H,2,15H2,1H3,(H2,22,23);2-13,18H,14H2,1H3,(H2,21,22). The summed E-state index contributed by atoms with van der Waals surface area (Å²) in [6.45, 7) is 2.67. The van der Waals surface area contributed by atoms with Crippen LogP contribution in [0.4, 0.5) is 47.9 Å². The maximum absolute atomic E-state index is 12.8. The summed E-state index contributed by atoms with van der Waals surface area (Å²) in [5.74, 6) is 8.26. The van der Waals surface area contributed by atoms with E-state index in [1.807, 2.05) is 177 Å². The number of nitro benzene ring substituents is 1. The first-order valence-corrected chi connectivity index (χ1v) is 42.7. The molecule has 15 aromatic rings. The van der Waals surface area contributed by atoms with Gasteiger partial charge in [0.1, 0.15) is 63.6 Å². The number of non-ortho nitro benzene ring substituents is 1. The molecule has 0 spiro atoms. The molecule has 129 heavy (non-hydrogen) atoms. The highest BCUT2D eigenvalue weighted by atomic mass is 19.4. The average Bonchev–Trinajstić information content (AvgIpc) is 1.47. The van der Waals surface area contributed by atoms with E-state index in [4.69, 9.17) is 57.1 Å². The molecule has 1 aliphatic carbocycles. The number of rotatable bonds is 30. The molecule has 5 atom stereocenters. The zero-order valence-electron chi connectivity index (χ0n) is 73.1. The van der Waals surface area contributed by atoms with Gasteiger partial charge in [-0.05, 0) is 259 Å². The van der Waals surface area contributed by atoms with Crippen molar-refractivity contribution in [3.05, 3.63) is 445 Å². The van der Waals surface area contributed by atoms with E-state index in [0.717, 1.165) is 117 Å². The van der Waals surface area contributed by atoms with E-state index in [1.165, 1.54) is 76.4 Å². The van der Waals surface area contributed by atoms with Gasteiger partial charge in [0, 0.05) is 47.3 Å². The van der Waals surface area contributed by atoms with Gasteiger partial charge in [0.15, 0.2) is 0 Å². The van der Waals surface area contributed by atoms with Crippen LogP contribution < -0.4 is 57.1 Å². The van der Waals surface area contributed by atoms with Crippen LogP contribution in [0.25, 0.3) is 0 Å². The maximum Gasteiger partial charge on any atom is 0.416 e. The lowest BCUT2D eigenvalue weighted by Gasteiger charge is -2.19. The molecule has 10 N–H and O–H groups in total. The molecule has 22 heteroatoms. The number of nitrogens with two attached hydrogens (primary N) is 5. The molecule has 1 aliphatic rings. The molecule has 1 saturated carbocycles. The van der Waals surface area contributed by atoms with Crippen molar-refractivity contribution in [2.24, 2.45) is 5.92 Å². The smallest absolute Gasteiger partial charge is 0.416 e. The Hall–Kier alpha value is -15.1. The van der Waals surface area contributed by atoms with E-state index in [9.17, 15) is 23.3 Å². The molecule has 1 fully saturated rings. The summed E-state index contributed by atoms with van der Waals surface area (Å²) in [5.41, 5.74) is 45.8. The number of ether oxygens (including phenoxy) is 6. The van der Waals surface area contributed by atoms with E-state index in [-0.39, 0.29) is 35.3 Å². The zero-order chi connectivity index (χ0) is 91.0. The Morgan fingerprint density at radius 1 is 0.341 bits per heavy atom. The average molecular weight is 1730 g/mol. The predicted molar refractivity (Wildman–Crippen MR) is 507 cm³/mol. The summed E-state index contributed by atoms with van der Waals surface area (Å²) in [6, 6.07) is 108. The van der Waals surface area contributed by atoms with Crippen LogP contribution in [0.3, 0.4) is 0 Å². The first-order valence-electron chi connectivity index (χ1n) is 42.7. The van der Waals surface area contributed by atoms with Gasteiger partial charge in [-0.15, -0.1) is 0 Å². The van der Waals surface area contributed by atoms with Crippen LogP contribution in [0.2, 0.25) is 0 Å². The van der Waals surface area contributed by atoms with Gasteiger partial charge >= 0.3 is 6.18 Å². The van der Waals surface area contributed by atoms with Crippen molar-refractivity contribution in [2.45, 2.75) is 94.1 Å². The number of nitro groups is 1. The molecule has 5 heterocycles. The second-order valence-electron chi connectivity index (χ2n) is 31.2. The van der Waals surface area contributed by atoms with Crippen LogP contribution in [0, 0.1) is 16.0 Å². The number of pyridine rings is 5. The second kappa shape index (κ2) is 46.2. The number of benzene rings is 10. The molecule has 660 valence electrons. The molecular weight excluding hydrogens is 1620 g/mol. The Bertz CT molecular complexity index is 6010. The lowest BCUT2D eigenvalue weighted by molar-refractivity contribution is -0.384. The molecule has 0 amide bonds. The molecule has 5 aromatic heterocycles. The normalized spacial score (nSPS) is 12.6. The highest BCUT2D eigenvalue weighted by molar-refractivity contribution is 5.49. The van der Waals surface area contributed by atoms with Crippen LogP contribution in [0.15, 0.2) is 340 Å². The fourth-order valence-corrected chi connectivity index (χ4v) is 15.4. The van der Waals surface area contributed by atoms with Gasteiger partial charge in [0.2, 0.25) is 0 Å². The third-order valence-electron chi connectivity index (χ3n) is 22.2. The van der Waals surface area contributed by atoms with Crippen LogP contribution in [0.5, 0.6) is 34.5 Å². The first kappa shape index (κ1) is 93.1. The van der Waals surface area contributed by atoms with Crippen molar-refractivity contribution in [1.82, 2.24) is 24.9 Å². The summed E-state index contributed by atoms with van der Waals surface area (Å²) in [4.78, 5) is 33.4. The third kappa shape index (κ3) is 27.7. The first-order chi connectivity index (χ1) is 62.6. The molecule has 0 bridgehead atoms. The van der Waals surface area contributed by atoms with Crippen molar-refractivity contribution < 1.29 is 46.5 Å². The monoisotopic (exact) mass is 1730 g/mol. The van der Waals surface area contributed by atoms with Gasteiger partial charge in [-0.3, -0.25) is 10.1 Å². The number of halogens is 3. The number of hydrogen-bond acceptors (Lipinski definition) is 18. The lowest BCUT2D eigenvalue weighted by atomic mass is 9.88. The topological polar surface area (TPSA) is 293 Å². The van der Waals surface area contributed by atoms with Crippen LogP contribution in [-0.2, 0) is 44.7 Å². The van der Waals surface area contributed by atoms with E-state index in [2.05, 4.69) is 140 Å². The quantitative estimate of drug-likeness (QED) is 0.0206. The molecule has 16 rings (SSSR count). The Morgan fingerprint density at radius 3 is 0.984 bits per heavy atom. The van der Waals surface area contributed by atoms with E-state index in [0.29, 0.717) is 54.3 Å². The minimum Gasteiger partial charge on any atom is -0.497 e. The van der Waals surface area contributed by atoms with Gasteiger partial charge in [-0.2, -0.15) is 13.2 Å². The van der Waals surface area contributed by atoms with Crippen molar-refractivity contribution in [1.29, 1.82) is 0 Å².